The summed E-state index contributed by atoms with van der Waals surface area (Å²) in [5.41, 5.74) is 3.49. The van der Waals surface area contributed by atoms with Crippen molar-refractivity contribution in [3.8, 4) is 0 Å². The zero-order chi connectivity index (χ0) is 22.3. The van der Waals surface area contributed by atoms with Gasteiger partial charge in [-0.15, -0.1) is 0 Å². The molecule has 0 spiro atoms. The highest BCUT2D eigenvalue weighted by molar-refractivity contribution is 7.92. The van der Waals surface area contributed by atoms with E-state index in [1.54, 1.807) is 36.4 Å². The Morgan fingerprint density at radius 3 is 2.44 bits per heavy atom. The SMILES string of the molecule is Cc1ccc(S(=O)(=O)Nc2cccc3c2N([O-])C(c2cccc4ccccc24)CC3)cc1. The minimum Gasteiger partial charge on any atom is -0.758 e. The first kappa shape index (κ1) is 20.5. The zero-order valence-corrected chi connectivity index (χ0v) is 18.5. The number of anilines is 2. The molecule has 1 N–H and O–H groups in total. The highest BCUT2D eigenvalue weighted by Gasteiger charge is 2.27. The maximum Gasteiger partial charge on any atom is 0.261 e. The average molecular weight is 444 g/mol. The lowest BCUT2D eigenvalue weighted by Crippen LogP contribution is -2.29. The maximum absolute atomic E-state index is 13.6. The molecule has 0 fully saturated rings. The summed E-state index contributed by atoms with van der Waals surface area (Å²) in [4.78, 5) is 0.166. The minimum absolute atomic E-state index is 0.166. The van der Waals surface area contributed by atoms with E-state index in [4.69, 9.17) is 0 Å². The van der Waals surface area contributed by atoms with Gasteiger partial charge in [0.05, 0.1) is 16.3 Å². The van der Waals surface area contributed by atoms with Crippen LogP contribution >= 0.6 is 0 Å². The Kier molecular flexibility index (Phi) is 5.12. The number of nitrogens with one attached hydrogen (secondary N) is 1. The van der Waals surface area contributed by atoms with Gasteiger partial charge >= 0.3 is 0 Å². The van der Waals surface area contributed by atoms with Gasteiger partial charge in [-0.1, -0.05) is 72.3 Å². The molecule has 0 bridgehead atoms. The Hall–Kier alpha value is -3.35. The Labute approximate surface area is 187 Å². The smallest absolute Gasteiger partial charge is 0.261 e. The fourth-order valence-corrected chi connectivity index (χ4v) is 5.51. The third-order valence-electron chi connectivity index (χ3n) is 6.07. The third kappa shape index (κ3) is 3.61. The highest BCUT2D eigenvalue weighted by Crippen LogP contribution is 2.44. The monoisotopic (exact) mass is 443 g/mol. The van der Waals surface area contributed by atoms with Crippen LogP contribution in [0.25, 0.3) is 10.8 Å². The van der Waals surface area contributed by atoms with Crippen LogP contribution in [0.2, 0.25) is 0 Å². The second-order valence-corrected chi connectivity index (χ2v) is 9.86. The molecule has 4 aromatic carbocycles. The molecule has 1 atom stereocenters. The van der Waals surface area contributed by atoms with Crippen molar-refractivity contribution in [2.24, 2.45) is 0 Å². The van der Waals surface area contributed by atoms with Crippen molar-refractivity contribution < 1.29 is 8.42 Å². The molecular weight excluding hydrogens is 420 g/mol. The standard InChI is InChI=1S/C26H23N2O3S/c1-18-12-15-21(16-13-18)32(30,31)27-24-11-5-8-20-14-17-25(28(29)26(20)24)23-10-4-7-19-6-2-3-9-22(19)23/h2-13,15-16,25,27H,14,17H2,1H3/q-1. The van der Waals surface area contributed by atoms with Gasteiger partial charge in [0.2, 0.25) is 0 Å². The summed E-state index contributed by atoms with van der Waals surface area (Å²) >= 11 is 0. The number of benzene rings is 4. The Balaban J connectivity index is 1.55. The number of hydrogen-bond acceptors (Lipinski definition) is 4. The van der Waals surface area contributed by atoms with E-state index in [9.17, 15) is 13.6 Å². The predicted octanol–water partition coefficient (Wildman–Crippen LogP) is 5.94. The topological polar surface area (TPSA) is 72.5 Å². The van der Waals surface area contributed by atoms with Crippen LogP contribution in [0.4, 0.5) is 11.4 Å². The Morgan fingerprint density at radius 2 is 1.62 bits per heavy atom. The Bertz CT molecular complexity index is 1390. The Morgan fingerprint density at radius 1 is 0.906 bits per heavy atom. The molecule has 1 unspecified atom stereocenters. The van der Waals surface area contributed by atoms with Crippen LogP contribution < -0.4 is 9.79 Å². The zero-order valence-electron chi connectivity index (χ0n) is 17.7. The van der Waals surface area contributed by atoms with E-state index in [-0.39, 0.29) is 4.90 Å². The van der Waals surface area contributed by atoms with Crippen molar-refractivity contribution >= 4 is 32.2 Å². The molecule has 32 heavy (non-hydrogen) atoms. The molecule has 5 rings (SSSR count). The van der Waals surface area contributed by atoms with Crippen molar-refractivity contribution in [3.63, 3.8) is 0 Å². The van der Waals surface area contributed by atoms with Crippen molar-refractivity contribution in [2.75, 3.05) is 9.79 Å². The molecule has 1 heterocycles. The number of hydrogen-bond donors (Lipinski definition) is 1. The van der Waals surface area contributed by atoms with Crippen LogP contribution in [0.15, 0.2) is 89.8 Å². The first-order valence-corrected chi connectivity index (χ1v) is 12.1. The van der Waals surface area contributed by atoms with Gasteiger partial charge in [0.15, 0.2) is 0 Å². The third-order valence-corrected chi connectivity index (χ3v) is 7.45. The van der Waals surface area contributed by atoms with E-state index in [1.165, 1.54) is 0 Å². The summed E-state index contributed by atoms with van der Waals surface area (Å²) in [6.07, 6.45) is 1.36. The van der Waals surface area contributed by atoms with Crippen LogP contribution in [0.3, 0.4) is 0 Å². The number of fused-ring (bicyclic) bond motifs is 2. The average Bonchev–Trinajstić information content (AvgIpc) is 2.79. The molecule has 1 aliphatic heterocycles. The van der Waals surface area contributed by atoms with E-state index < -0.39 is 16.1 Å². The van der Waals surface area contributed by atoms with Crippen molar-refractivity contribution in [2.45, 2.75) is 30.7 Å². The predicted molar refractivity (Wildman–Crippen MR) is 129 cm³/mol. The largest absolute Gasteiger partial charge is 0.758 e. The molecule has 0 aliphatic carbocycles. The van der Waals surface area contributed by atoms with E-state index in [0.29, 0.717) is 24.2 Å². The summed E-state index contributed by atoms with van der Waals surface area (Å²) in [6.45, 7) is 1.90. The molecule has 0 amide bonds. The van der Waals surface area contributed by atoms with Crippen molar-refractivity contribution in [1.29, 1.82) is 0 Å². The van der Waals surface area contributed by atoms with Crippen LogP contribution in [-0.2, 0) is 16.4 Å². The molecule has 0 saturated heterocycles. The van der Waals surface area contributed by atoms with Gasteiger partial charge in [0.1, 0.15) is 0 Å². The van der Waals surface area contributed by atoms with Gasteiger partial charge in [0.25, 0.3) is 10.0 Å². The first-order valence-electron chi connectivity index (χ1n) is 10.6. The van der Waals surface area contributed by atoms with Crippen LogP contribution in [-0.4, -0.2) is 8.42 Å². The molecular formula is C26H23N2O3S-. The summed E-state index contributed by atoms with van der Waals surface area (Å²) < 4.78 is 28.7. The molecule has 0 saturated carbocycles. The van der Waals surface area contributed by atoms with E-state index >= 15 is 0 Å². The van der Waals surface area contributed by atoms with Crippen LogP contribution in [0.1, 0.15) is 29.2 Å². The number of nitrogens with zero attached hydrogens (tertiary/aromatic N) is 1. The molecule has 0 aromatic heterocycles. The van der Waals surface area contributed by atoms with Gasteiger partial charge in [0, 0.05) is 6.04 Å². The number of rotatable bonds is 4. The molecule has 162 valence electrons. The van der Waals surface area contributed by atoms with Gasteiger partial charge in [-0.2, -0.15) is 0 Å². The highest BCUT2D eigenvalue weighted by atomic mass is 32.2. The quantitative estimate of drug-likeness (QED) is 0.424. The van der Waals surface area contributed by atoms with Gasteiger partial charge in [-0.25, -0.2) is 8.42 Å². The van der Waals surface area contributed by atoms with Crippen LogP contribution in [0, 0.1) is 12.1 Å². The fraction of sp³-hybridized carbons (Fsp3) is 0.154. The normalized spacial score (nSPS) is 16.1. The van der Waals surface area contributed by atoms with E-state index in [2.05, 4.69) is 4.72 Å². The summed E-state index contributed by atoms with van der Waals surface area (Å²) in [6, 6.07) is 25.6. The minimum atomic E-state index is -3.82. The molecule has 1 aliphatic rings. The molecule has 0 radical (unpaired) electrons. The summed E-state index contributed by atoms with van der Waals surface area (Å²) in [5.74, 6) is 0. The van der Waals surface area contributed by atoms with E-state index in [0.717, 1.165) is 32.5 Å². The second kappa shape index (κ2) is 7.97. The maximum atomic E-state index is 13.6. The molecule has 4 aromatic rings. The van der Waals surface area contributed by atoms with Crippen LogP contribution in [0.5, 0.6) is 0 Å². The molecule has 5 nitrogen and oxygen atoms in total. The van der Waals surface area contributed by atoms with Gasteiger partial charge in [-0.05, 0) is 59.9 Å². The summed E-state index contributed by atoms with van der Waals surface area (Å²) in [7, 11) is -3.82. The van der Waals surface area contributed by atoms with Gasteiger partial charge < -0.3 is 10.3 Å². The number of aryl methyl sites for hydroxylation is 2. The van der Waals surface area contributed by atoms with E-state index in [1.807, 2.05) is 55.5 Å². The fourth-order valence-electron chi connectivity index (χ4n) is 4.44. The second-order valence-electron chi connectivity index (χ2n) is 8.18. The van der Waals surface area contributed by atoms with Crippen molar-refractivity contribution in [3.05, 3.63) is 107 Å². The lowest BCUT2D eigenvalue weighted by molar-refractivity contribution is 0.599. The molecule has 6 heteroatoms. The number of sulfonamides is 1. The lowest BCUT2D eigenvalue weighted by Gasteiger charge is -2.45. The lowest BCUT2D eigenvalue weighted by atomic mass is 9.90. The van der Waals surface area contributed by atoms with Gasteiger partial charge in [-0.3, -0.25) is 4.72 Å². The number of hydroxylamine groups is 1. The van der Waals surface area contributed by atoms with Crippen molar-refractivity contribution in [1.82, 2.24) is 0 Å². The summed E-state index contributed by atoms with van der Waals surface area (Å²) in [5, 5.41) is 16.7. The number of para-hydroxylation sites is 1. The first-order chi connectivity index (χ1) is 15.4.